The fourth-order valence-corrected chi connectivity index (χ4v) is 3.48. The number of anilines is 1. The van der Waals surface area contributed by atoms with Crippen LogP contribution in [0.2, 0.25) is 0 Å². The summed E-state index contributed by atoms with van der Waals surface area (Å²) >= 11 is 0. The van der Waals surface area contributed by atoms with Gasteiger partial charge in [-0.25, -0.2) is 0 Å². The molecule has 6 nitrogen and oxygen atoms in total. The molecule has 0 spiro atoms. The number of carbonyl (C=O) groups is 1. The fraction of sp³-hybridized carbons (Fsp3) is 0.0714. The minimum Gasteiger partial charge on any atom is -0.457 e. The van der Waals surface area contributed by atoms with Gasteiger partial charge in [-0.1, -0.05) is 60.7 Å². The predicted molar refractivity (Wildman–Crippen MR) is 135 cm³/mol. The first-order valence-electron chi connectivity index (χ1n) is 10.9. The predicted octanol–water partition coefficient (Wildman–Crippen LogP) is 5.23. The second-order valence-corrected chi connectivity index (χ2v) is 7.76. The third-order valence-corrected chi connectivity index (χ3v) is 5.25. The molecule has 0 heterocycles. The smallest absolute Gasteiger partial charge is 0.247 e. The van der Waals surface area contributed by atoms with Gasteiger partial charge in [-0.15, -0.1) is 0 Å². The number of amidine groups is 1. The number of nitrogens with two attached hydrogens (primary N) is 1. The number of nitrogen functional groups attached to an aromatic ring is 1. The summed E-state index contributed by atoms with van der Waals surface area (Å²) in [6.07, 6.45) is 0. The van der Waals surface area contributed by atoms with Crippen LogP contribution in [0.1, 0.15) is 22.7 Å². The van der Waals surface area contributed by atoms with Crippen molar-refractivity contribution in [3.05, 3.63) is 126 Å². The molecule has 0 aliphatic rings. The standard InChI is InChI=1S/C28H26N4O2/c29-27(30)21-14-16-23(17-15-21)32-26(28(33)31-19-20-8-3-1-4-9-20)22-10-7-13-25(18-22)34-24-11-5-2-6-12-24/h1-18,26,32H,19H2,(H3,29,30)(H,31,33)/t26-/m0/s1. The lowest BCUT2D eigenvalue weighted by Gasteiger charge is -2.21. The summed E-state index contributed by atoms with van der Waals surface area (Å²) in [4.78, 5) is 13.3. The fourth-order valence-electron chi connectivity index (χ4n) is 3.48. The van der Waals surface area contributed by atoms with Crippen LogP contribution >= 0.6 is 0 Å². The normalized spacial score (nSPS) is 11.3. The van der Waals surface area contributed by atoms with Gasteiger partial charge in [0.1, 0.15) is 23.4 Å². The molecule has 0 aromatic heterocycles. The van der Waals surface area contributed by atoms with E-state index in [0.29, 0.717) is 17.9 Å². The van der Waals surface area contributed by atoms with E-state index in [-0.39, 0.29) is 11.7 Å². The topological polar surface area (TPSA) is 100 Å². The van der Waals surface area contributed by atoms with Crippen LogP contribution in [-0.4, -0.2) is 11.7 Å². The highest BCUT2D eigenvalue weighted by Gasteiger charge is 2.21. The van der Waals surface area contributed by atoms with Crippen LogP contribution in [0.3, 0.4) is 0 Å². The largest absolute Gasteiger partial charge is 0.457 e. The number of benzene rings is 4. The first-order valence-corrected chi connectivity index (χ1v) is 10.9. The summed E-state index contributed by atoms with van der Waals surface area (Å²) in [6.45, 7) is 0.418. The summed E-state index contributed by atoms with van der Waals surface area (Å²) in [6, 6.07) is 33.2. The van der Waals surface area contributed by atoms with Crippen LogP contribution in [-0.2, 0) is 11.3 Å². The maximum atomic E-state index is 13.3. The Labute approximate surface area is 198 Å². The molecule has 0 fully saturated rings. The number of rotatable bonds is 9. The molecule has 34 heavy (non-hydrogen) atoms. The molecule has 4 rings (SSSR count). The zero-order chi connectivity index (χ0) is 23.8. The van der Waals surface area contributed by atoms with Gasteiger partial charge in [0, 0.05) is 17.8 Å². The van der Waals surface area contributed by atoms with E-state index >= 15 is 0 Å². The molecular weight excluding hydrogens is 424 g/mol. The second-order valence-electron chi connectivity index (χ2n) is 7.76. The summed E-state index contributed by atoms with van der Waals surface area (Å²) in [5.41, 5.74) is 8.69. The van der Waals surface area contributed by atoms with E-state index in [1.807, 2.05) is 84.9 Å². The SMILES string of the molecule is N=C(N)c1ccc(N[C@H](C(=O)NCc2ccccc2)c2cccc(Oc3ccccc3)c2)cc1. The molecule has 0 aliphatic heterocycles. The summed E-state index contributed by atoms with van der Waals surface area (Å²) in [7, 11) is 0. The van der Waals surface area contributed by atoms with Crippen molar-refractivity contribution >= 4 is 17.4 Å². The molecular formula is C28H26N4O2. The first kappa shape index (κ1) is 22.6. The highest BCUT2D eigenvalue weighted by Crippen LogP contribution is 2.27. The molecule has 1 atom stereocenters. The Kier molecular flexibility index (Phi) is 7.20. The van der Waals surface area contributed by atoms with E-state index < -0.39 is 6.04 Å². The number of amides is 1. The van der Waals surface area contributed by atoms with Crippen molar-refractivity contribution in [1.82, 2.24) is 5.32 Å². The van der Waals surface area contributed by atoms with Crippen molar-refractivity contribution in [1.29, 1.82) is 5.41 Å². The lowest BCUT2D eigenvalue weighted by Crippen LogP contribution is -2.33. The van der Waals surface area contributed by atoms with Gasteiger partial charge in [-0.3, -0.25) is 10.2 Å². The van der Waals surface area contributed by atoms with Gasteiger partial charge in [0.05, 0.1) is 0 Å². The molecule has 4 aromatic carbocycles. The second kappa shape index (κ2) is 10.8. The number of hydrogen-bond acceptors (Lipinski definition) is 4. The highest BCUT2D eigenvalue weighted by molar-refractivity contribution is 5.95. The van der Waals surface area contributed by atoms with Crippen LogP contribution in [0.4, 0.5) is 5.69 Å². The number of nitrogens with one attached hydrogen (secondary N) is 3. The first-order chi connectivity index (χ1) is 16.6. The lowest BCUT2D eigenvalue weighted by molar-refractivity contribution is -0.122. The third-order valence-electron chi connectivity index (χ3n) is 5.25. The van der Waals surface area contributed by atoms with Gasteiger partial charge in [0.15, 0.2) is 0 Å². The zero-order valence-electron chi connectivity index (χ0n) is 18.6. The molecule has 4 aromatic rings. The Morgan fingerprint density at radius 3 is 2.15 bits per heavy atom. The third kappa shape index (κ3) is 6.01. The number of hydrogen-bond donors (Lipinski definition) is 4. The van der Waals surface area contributed by atoms with Crippen LogP contribution in [0, 0.1) is 5.41 Å². The van der Waals surface area contributed by atoms with Crippen molar-refractivity contribution in [2.24, 2.45) is 5.73 Å². The molecule has 170 valence electrons. The van der Waals surface area contributed by atoms with Gasteiger partial charge in [0.2, 0.25) is 5.91 Å². The molecule has 0 bridgehead atoms. The molecule has 5 N–H and O–H groups in total. The monoisotopic (exact) mass is 450 g/mol. The molecule has 1 amide bonds. The van der Waals surface area contributed by atoms with Crippen LogP contribution in [0.15, 0.2) is 109 Å². The molecule has 0 unspecified atom stereocenters. The van der Waals surface area contributed by atoms with E-state index in [0.717, 1.165) is 22.6 Å². The quantitative estimate of drug-likeness (QED) is 0.207. The van der Waals surface area contributed by atoms with Gasteiger partial charge < -0.3 is 21.1 Å². The summed E-state index contributed by atoms with van der Waals surface area (Å²) < 4.78 is 5.97. The Morgan fingerprint density at radius 2 is 1.47 bits per heavy atom. The van der Waals surface area contributed by atoms with Crippen molar-refractivity contribution < 1.29 is 9.53 Å². The van der Waals surface area contributed by atoms with E-state index in [9.17, 15) is 4.79 Å². The minimum atomic E-state index is -0.661. The molecule has 6 heteroatoms. The van der Waals surface area contributed by atoms with E-state index in [4.69, 9.17) is 15.9 Å². The Morgan fingerprint density at radius 1 is 0.824 bits per heavy atom. The average molecular weight is 451 g/mol. The minimum absolute atomic E-state index is 0.00512. The highest BCUT2D eigenvalue weighted by atomic mass is 16.5. The van der Waals surface area contributed by atoms with Crippen LogP contribution < -0.4 is 21.1 Å². The van der Waals surface area contributed by atoms with Crippen molar-refractivity contribution in [3.63, 3.8) is 0 Å². The maximum Gasteiger partial charge on any atom is 0.247 e. The molecule has 0 saturated carbocycles. The average Bonchev–Trinajstić information content (AvgIpc) is 2.87. The van der Waals surface area contributed by atoms with Crippen molar-refractivity contribution in [2.45, 2.75) is 12.6 Å². The number of carbonyl (C=O) groups excluding carboxylic acids is 1. The lowest BCUT2D eigenvalue weighted by atomic mass is 10.0. The summed E-state index contributed by atoms with van der Waals surface area (Å²) in [5, 5.41) is 13.9. The van der Waals surface area contributed by atoms with Gasteiger partial charge in [-0.05, 0) is 59.7 Å². The molecule has 0 radical (unpaired) electrons. The van der Waals surface area contributed by atoms with Crippen molar-refractivity contribution in [2.75, 3.05) is 5.32 Å². The van der Waals surface area contributed by atoms with Crippen LogP contribution in [0.25, 0.3) is 0 Å². The Hall–Kier alpha value is -4.58. The van der Waals surface area contributed by atoms with E-state index in [2.05, 4.69) is 10.6 Å². The van der Waals surface area contributed by atoms with Crippen molar-refractivity contribution in [3.8, 4) is 11.5 Å². The Balaban J connectivity index is 1.58. The van der Waals surface area contributed by atoms with E-state index in [1.54, 1.807) is 24.3 Å². The number of para-hydroxylation sites is 1. The maximum absolute atomic E-state index is 13.3. The molecule has 0 aliphatic carbocycles. The summed E-state index contributed by atoms with van der Waals surface area (Å²) in [5.74, 6) is 1.18. The van der Waals surface area contributed by atoms with Gasteiger partial charge in [-0.2, -0.15) is 0 Å². The zero-order valence-corrected chi connectivity index (χ0v) is 18.6. The van der Waals surface area contributed by atoms with Crippen LogP contribution in [0.5, 0.6) is 11.5 Å². The van der Waals surface area contributed by atoms with Gasteiger partial charge >= 0.3 is 0 Å². The number of ether oxygens (including phenoxy) is 1. The Bertz CT molecular complexity index is 1240. The van der Waals surface area contributed by atoms with Gasteiger partial charge in [0.25, 0.3) is 0 Å². The van der Waals surface area contributed by atoms with E-state index in [1.165, 1.54) is 0 Å². The molecule has 0 saturated heterocycles.